The summed E-state index contributed by atoms with van der Waals surface area (Å²) in [5.74, 6) is 1.53. The normalized spacial score (nSPS) is 13.7. The number of H-pyrrole nitrogens is 1. The fourth-order valence-electron chi connectivity index (χ4n) is 14.0. The van der Waals surface area contributed by atoms with Gasteiger partial charge in [-0.2, -0.15) is 29.9 Å². The van der Waals surface area contributed by atoms with Gasteiger partial charge in [-0.15, -0.1) is 0 Å². The maximum absolute atomic E-state index is 12.5. The molecule has 3 amide bonds. The number of nitrogens with two attached hydrogens (primary N) is 1. The number of esters is 2. The molecule has 8 N–H and O–H groups in total. The van der Waals surface area contributed by atoms with Crippen LogP contribution in [0.25, 0.3) is 33.1 Å². The van der Waals surface area contributed by atoms with Crippen molar-refractivity contribution in [1.82, 2.24) is 58.7 Å². The minimum atomic E-state index is -0.639. The number of aromatic amines is 1. The molecule has 33 heteroatoms. The van der Waals surface area contributed by atoms with Gasteiger partial charge in [-0.1, -0.05) is 51.8 Å². The predicted octanol–water partition coefficient (Wildman–Crippen LogP) is 16.9. The number of hydrogen-bond donors (Lipinski definition) is 7. The van der Waals surface area contributed by atoms with Crippen LogP contribution >= 0.6 is 11.6 Å². The van der Waals surface area contributed by atoms with Crippen LogP contribution in [0.5, 0.6) is 34.9 Å². The lowest BCUT2D eigenvalue weighted by Crippen LogP contribution is -2.47. The lowest BCUT2D eigenvalue weighted by Gasteiger charge is -2.36. The standard InChI is InChI=1S/C34H41N7O4.C28H31N7O2.C21H21ClN4O4.C13H21N3O/c1-6-16-39-18-20-40(21-19-39)26-13-11-24(12-14-26)36-33-37-30-28(15-17-41(30)23-44-32(43)34(3,4)5)31(38-33)45-27-10-8-9-25(22-27)35-29(42)7-2;1-3-14-34-15-17-35(18-16-34)22-10-8-20(9-11-22)31-28-32-26-24(12-13-29-26)27(33-28)37-23-7-5-6-21(19-23)30-25(36)4-2;1-5-16(27)23-13-7-6-8-14(11-13)30-18-15-9-10-26(17(15)24-20(22)25-18)12-29-19(28)21(2,3)4;1-17-11-10-15-6-8-16(9-7-15)13-4-2-12(14)3-5-13/h7-15,17,22H,2,6,16,18-21,23H2,1,3-5H3,(H,35,42)(H,36,37,38);4-13,19H,2-3,14-18H2,1H3,(H,30,36)(H2,29,31,32,33);5-11H,1,12H2,2-4H3,(H,23,27);2-5H,6-11,14H2,1H3. The third-order valence-electron chi connectivity index (χ3n) is 21.0. The SMILES string of the molecule is C=CC(=O)Nc1cccc(Oc2nc(Cl)nc3c2ccn3COC(=O)C(C)(C)C)c1.C=CC(=O)Nc1cccc(Oc2nc(Nc3ccc(N4CCN(CCC)CC4)cc3)nc3[nH]ccc23)c1.C=CC(=O)Nc1cccc(Oc2nc(Nc3ccc(N4CCN(CCC)CC4)cc3)nc3c2ccn3COC(=O)C(C)(C)C)c1.COCCN1CCN(c2ccc(N)cc2)CC1. The lowest BCUT2D eigenvalue weighted by molar-refractivity contribution is -0.157. The molecule has 0 saturated carbocycles. The molecule has 0 bridgehead atoms. The quantitative estimate of drug-likeness (QED) is 0.00951. The van der Waals surface area contributed by atoms with Crippen molar-refractivity contribution in [2.24, 2.45) is 10.8 Å². The third-order valence-corrected chi connectivity index (χ3v) is 21.1. The topological polar surface area (TPSA) is 349 Å². The Kier molecular flexibility index (Phi) is 32.9. The van der Waals surface area contributed by atoms with Crippen molar-refractivity contribution in [3.63, 3.8) is 0 Å². The van der Waals surface area contributed by atoms with E-state index in [2.05, 4.69) is 151 Å². The fraction of sp³-hybridized carbons (Fsp3) is 0.323. The number of ether oxygens (including phenoxy) is 6. The first-order valence-corrected chi connectivity index (χ1v) is 43.3. The van der Waals surface area contributed by atoms with Crippen molar-refractivity contribution >= 4 is 137 Å². The summed E-state index contributed by atoms with van der Waals surface area (Å²) in [5, 5.41) is 16.7. The molecule has 3 fully saturated rings. The van der Waals surface area contributed by atoms with Crippen LogP contribution < -0.4 is 61.2 Å². The summed E-state index contributed by atoms with van der Waals surface area (Å²) in [4.78, 5) is 104. The number of hydrogen-bond acceptors (Lipinski definition) is 26. The summed E-state index contributed by atoms with van der Waals surface area (Å²) < 4.78 is 37.6. The van der Waals surface area contributed by atoms with Crippen molar-refractivity contribution in [1.29, 1.82) is 0 Å². The van der Waals surface area contributed by atoms with E-state index in [0.29, 0.717) is 85.7 Å². The molecule has 676 valence electrons. The molecular formula is C96H114ClN21O11. The van der Waals surface area contributed by atoms with Crippen molar-refractivity contribution < 1.29 is 52.4 Å². The van der Waals surface area contributed by atoms with Gasteiger partial charge in [-0.25, -0.2) is 0 Å². The predicted molar refractivity (Wildman–Crippen MR) is 510 cm³/mol. The average Bonchev–Trinajstić information content (AvgIpc) is 1.67. The Bertz CT molecular complexity index is 5810. The minimum Gasteiger partial charge on any atom is -0.443 e. The second-order valence-corrected chi connectivity index (χ2v) is 33.1. The first kappa shape index (κ1) is 94.2. The van der Waals surface area contributed by atoms with Gasteiger partial charge in [0.1, 0.15) is 22.9 Å². The third kappa shape index (κ3) is 27.1. The molecule has 12 aromatic rings. The van der Waals surface area contributed by atoms with E-state index in [9.17, 15) is 24.0 Å². The highest BCUT2D eigenvalue weighted by Gasteiger charge is 2.28. The highest BCUT2D eigenvalue weighted by Crippen LogP contribution is 2.37. The summed E-state index contributed by atoms with van der Waals surface area (Å²) in [6.45, 7) is 42.5. The zero-order chi connectivity index (χ0) is 91.6. The zero-order valence-corrected chi connectivity index (χ0v) is 75.3. The second-order valence-electron chi connectivity index (χ2n) is 32.8. The number of piperazine rings is 3. The van der Waals surface area contributed by atoms with E-state index in [4.69, 9.17) is 55.7 Å². The molecule has 3 aliphatic heterocycles. The van der Waals surface area contributed by atoms with Crippen molar-refractivity contribution in [2.75, 3.05) is 159 Å². The van der Waals surface area contributed by atoms with E-state index in [0.717, 1.165) is 121 Å². The number of nitrogens with one attached hydrogen (secondary N) is 6. The van der Waals surface area contributed by atoms with Crippen LogP contribution in [0.4, 0.5) is 63.1 Å². The van der Waals surface area contributed by atoms with E-state index in [1.807, 2.05) is 69.3 Å². The maximum Gasteiger partial charge on any atom is 0.312 e. The Hall–Kier alpha value is -13.9. The number of fused-ring (bicyclic) bond motifs is 3. The largest absolute Gasteiger partial charge is 0.443 e. The van der Waals surface area contributed by atoms with Gasteiger partial charge in [0.15, 0.2) is 24.8 Å². The van der Waals surface area contributed by atoms with Crippen LogP contribution in [-0.4, -0.2) is 200 Å². The maximum atomic E-state index is 12.5. The Morgan fingerprint density at radius 1 is 0.450 bits per heavy atom. The van der Waals surface area contributed by atoms with Crippen molar-refractivity contribution in [2.45, 2.75) is 81.7 Å². The van der Waals surface area contributed by atoms with Gasteiger partial charge in [-0.3, -0.25) is 47.8 Å². The van der Waals surface area contributed by atoms with Gasteiger partial charge < -0.3 is 80.4 Å². The summed E-state index contributed by atoms with van der Waals surface area (Å²) in [7, 11) is 1.75. The first-order chi connectivity index (χ1) is 62.2. The zero-order valence-electron chi connectivity index (χ0n) is 74.5. The van der Waals surface area contributed by atoms with Crippen LogP contribution in [0.2, 0.25) is 5.28 Å². The molecule has 6 aromatic heterocycles. The molecule has 0 unspecified atom stereocenters. The molecule has 0 atom stereocenters. The van der Waals surface area contributed by atoms with Gasteiger partial charge in [0.2, 0.25) is 52.5 Å². The molecule has 3 saturated heterocycles. The Morgan fingerprint density at radius 3 is 1.21 bits per heavy atom. The van der Waals surface area contributed by atoms with Crippen LogP contribution in [0.15, 0.2) is 220 Å². The molecule has 0 aliphatic carbocycles. The summed E-state index contributed by atoms with van der Waals surface area (Å²) in [6.07, 6.45) is 11.3. The number of rotatable bonds is 30. The highest BCUT2D eigenvalue weighted by atomic mass is 35.5. The average molecular weight is 1770 g/mol. The van der Waals surface area contributed by atoms with Gasteiger partial charge >= 0.3 is 11.9 Å². The monoisotopic (exact) mass is 1770 g/mol. The number of benzene rings is 6. The van der Waals surface area contributed by atoms with Crippen molar-refractivity contribution in [3.05, 3.63) is 226 Å². The molecular weight excluding hydrogens is 1660 g/mol. The van der Waals surface area contributed by atoms with Gasteiger partial charge in [0.05, 0.1) is 33.6 Å². The van der Waals surface area contributed by atoms with E-state index >= 15 is 0 Å². The second kappa shape index (κ2) is 45.0. The molecule has 9 heterocycles. The van der Waals surface area contributed by atoms with Gasteiger partial charge in [-0.05, 0) is 225 Å². The van der Waals surface area contributed by atoms with Gasteiger partial charge in [0.25, 0.3) is 0 Å². The summed E-state index contributed by atoms with van der Waals surface area (Å²) >= 11 is 6.08. The van der Waals surface area contributed by atoms with Crippen molar-refractivity contribution in [3.8, 4) is 34.9 Å². The number of amides is 3. The molecule has 32 nitrogen and oxygen atoms in total. The molecule has 3 aliphatic rings. The van der Waals surface area contributed by atoms with E-state index in [1.165, 1.54) is 54.7 Å². The highest BCUT2D eigenvalue weighted by molar-refractivity contribution is 6.28. The number of methoxy groups -OCH3 is 1. The van der Waals surface area contributed by atoms with Crippen LogP contribution in [0, 0.1) is 10.8 Å². The van der Waals surface area contributed by atoms with E-state index in [-0.39, 0.29) is 54.3 Å². The summed E-state index contributed by atoms with van der Waals surface area (Å²) in [5.41, 5.74) is 14.0. The van der Waals surface area contributed by atoms with Crippen LogP contribution in [-0.2, 0) is 51.6 Å². The number of halogens is 1. The van der Waals surface area contributed by atoms with Gasteiger partial charge in [0, 0.05) is 180 Å². The summed E-state index contributed by atoms with van der Waals surface area (Å²) in [6, 6.07) is 51.1. The van der Waals surface area contributed by atoms with E-state index in [1.54, 1.807) is 134 Å². The van der Waals surface area contributed by atoms with E-state index < -0.39 is 10.8 Å². The Morgan fingerprint density at radius 2 is 0.822 bits per heavy atom. The first-order valence-electron chi connectivity index (χ1n) is 42.9. The number of carbonyl (C=O) groups excluding carboxylic acids is 5. The smallest absolute Gasteiger partial charge is 0.312 e. The molecule has 6 aromatic carbocycles. The number of anilines is 11. The fourth-order valence-corrected chi connectivity index (χ4v) is 14.2. The Labute approximate surface area is 756 Å². The van der Waals surface area contributed by atoms with Crippen LogP contribution in [0.3, 0.4) is 0 Å². The Balaban J connectivity index is 0.000000163. The molecule has 129 heavy (non-hydrogen) atoms. The molecule has 0 radical (unpaired) electrons. The number of carbonyl (C=O) groups is 5. The van der Waals surface area contributed by atoms with Crippen LogP contribution in [0.1, 0.15) is 68.2 Å². The number of nitrogen functional groups attached to an aromatic ring is 1. The lowest BCUT2D eigenvalue weighted by atomic mass is 9.97. The minimum absolute atomic E-state index is 0.0151. The number of aromatic nitrogens is 9. The molecule has 0 spiro atoms. The molecule has 15 rings (SSSR count). The number of nitrogens with zero attached hydrogens (tertiary/aromatic N) is 14.